The van der Waals surface area contributed by atoms with Crippen LogP contribution >= 0.6 is 0 Å². The summed E-state index contributed by atoms with van der Waals surface area (Å²) in [7, 11) is 0. The molecule has 0 unspecified atom stereocenters. The van der Waals surface area contributed by atoms with Crippen molar-refractivity contribution in [1.29, 1.82) is 0 Å². The number of pyridine rings is 1. The lowest BCUT2D eigenvalue weighted by atomic mass is 10.2. The van der Waals surface area contributed by atoms with Gasteiger partial charge in [-0.2, -0.15) is 0 Å². The van der Waals surface area contributed by atoms with Crippen LogP contribution in [0.15, 0.2) is 55.5 Å². The van der Waals surface area contributed by atoms with Crippen LogP contribution in [0.3, 0.4) is 0 Å². The quantitative estimate of drug-likeness (QED) is 0.749. The molecule has 1 amide bonds. The molecule has 5 heteroatoms. The molecule has 0 saturated heterocycles. The van der Waals surface area contributed by atoms with E-state index in [0.29, 0.717) is 5.69 Å². The Balaban J connectivity index is 2.01. The summed E-state index contributed by atoms with van der Waals surface area (Å²) in [5.74, 6) is -0.239. The van der Waals surface area contributed by atoms with E-state index in [1.165, 1.54) is 6.08 Å². The highest BCUT2D eigenvalue weighted by molar-refractivity contribution is 6.00. The van der Waals surface area contributed by atoms with Gasteiger partial charge < -0.3 is 5.32 Å². The van der Waals surface area contributed by atoms with Crippen LogP contribution in [-0.2, 0) is 4.79 Å². The van der Waals surface area contributed by atoms with E-state index in [2.05, 4.69) is 21.9 Å². The van der Waals surface area contributed by atoms with Crippen molar-refractivity contribution in [2.75, 3.05) is 5.32 Å². The predicted molar refractivity (Wildman–Crippen MR) is 82.4 cm³/mol. The number of carbonyl (C=O) groups is 1. The van der Waals surface area contributed by atoms with Crippen LogP contribution in [0.5, 0.6) is 0 Å². The molecule has 0 spiro atoms. The van der Waals surface area contributed by atoms with Gasteiger partial charge >= 0.3 is 0 Å². The van der Waals surface area contributed by atoms with Crippen LogP contribution in [0.2, 0.25) is 0 Å². The normalized spacial score (nSPS) is 10.5. The average molecular weight is 278 g/mol. The van der Waals surface area contributed by atoms with E-state index in [-0.39, 0.29) is 5.91 Å². The molecule has 0 radical (unpaired) electrons. The fourth-order valence-electron chi connectivity index (χ4n) is 2.09. The van der Waals surface area contributed by atoms with Gasteiger partial charge in [0.05, 0.1) is 22.9 Å². The number of nitrogens with zero attached hydrogens (tertiary/aromatic N) is 3. The smallest absolute Gasteiger partial charge is 0.247 e. The Morgan fingerprint density at radius 3 is 2.86 bits per heavy atom. The molecule has 0 fully saturated rings. The van der Waals surface area contributed by atoms with Crippen LogP contribution in [0, 0.1) is 6.92 Å². The van der Waals surface area contributed by atoms with E-state index in [9.17, 15) is 4.79 Å². The van der Waals surface area contributed by atoms with E-state index < -0.39 is 0 Å². The third-order valence-electron chi connectivity index (χ3n) is 3.17. The second-order valence-corrected chi connectivity index (χ2v) is 4.67. The number of hydrogen-bond acceptors (Lipinski definition) is 3. The molecule has 0 atom stereocenters. The number of nitrogens with one attached hydrogen (secondary N) is 1. The second-order valence-electron chi connectivity index (χ2n) is 4.67. The minimum atomic E-state index is -0.239. The minimum absolute atomic E-state index is 0.239. The molecule has 0 aliphatic carbocycles. The lowest BCUT2D eigenvalue weighted by Gasteiger charge is -2.05. The molecule has 1 aromatic carbocycles. The molecule has 5 nitrogen and oxygen atoms in total. The third kappa shape index (κ3) is 2.53. The molecule has 0 bridgehead atoms. The van der Waals surface area contributed by atoms with Crippen LogP contribution in [0.1, 0.15) is 5.69 Å². The predicted octanol–water partition coefficient (Wildman–Crippen LogP) is 2.85. The van der Waals surface area contributed by atoms with Crippen LogP contribution < -0.4 is 5.32 Å². The Hall–Kier alpha value is -2.95. The molecule has 0 aliphatic rings. The Bertz CT molecular complexity index is 818. The molecule has 0 saturated carbocycles. The number of aryl methyl sites for hydroxylation is 1. The average Bonchev–Trinajstić information content (AvgIpc) is 2.91. The first-order valence-electron chi connectivity index (χ1n) is 6.51. The summed E-state index contributed by atoms with van der Waals surface area (Å²) in [6.07, 6.45) is 4.79. The van der Waals surface area contributed by atoms with Crippen molar-refractivity contribution in [3.63, 3.8) is 0 Å². The molecule has 2 aromatic heterocycles. The van der Waals surface area contributed by atoms with Crippen molar-refractivity contribution in [3.05, 3.63) is 61.2 Å². The molecule has 3 rings (SSSR count). The van der Waals surface area contributed by atoms with E-state index in [4.69, 9.17) is 0 Å². The Morgan fingerprint density at radius 1 is 1.29 bits per heavy atom. The summed E-state index contributed by atoms with van der Waals surface area (Å²) in [6.45, 7) is 5.38. The number of rotatable bonds is 3. The summed E-state index contributed by atoms with van der Waals surface area (Å²) in [4.78, 5) is 20.0. The fourth-order valence-corrected chi connectivity index (χ4v) is 2.09. The first-order valence-corrected chi connectivity index (χ1v) is 6.51. The Kier molecular flexibility index (Phi) is 3.23. The van der Waals surface area contributed by atoms with Gasteiger partial charge in [-0.15, -0.1) is 0 Å². The van der Waals surface area contributed by atoms with E-state index in [1.54, 1.807) is 6.33 Å². The summed E-state index contributed by atoms with van der Waals surface area (Å²) in [5.41, 5.74) is 4.37. The number of anilines is 1. The van der Waals surface area contributed by atoms with E-state index >= 15 is 0 Å². The molecule has 1 N–H and O–H groups in total. The number of imidazole rings is 1. The minimum Gasteiger partial charge on any atom is -0.322 e. The van der Waals surface area contributed by atoms with E-state index in [0.717, 1.165) is 22.4 Å². The molecule has 3 aromatic rings. The summed E-state index contributed by atoms with van der Waals surface area (Å²) >= 11 is 0. The van der Waals surface area contributed by atoms with Gasteiger partial charge in [0.25, 0.3) is 0 Å². The van der Waals surface area contributed by atoms with Gasteiger partial charge in [-0.25, -0.2) is 4.98 Å². The second kappa shape index (κ2) is 5.20. The van der Waals surface area contributed by atoms with Gasteiger partial charge in [0.15, 0.2) is 0 Å². The summed E-state index contributed by atoms with van der Waals surface area (Å²) in [5, 5.41) is 2.72. The van der Waals surface area contributed by atoms with Crippen molar-refractivity contribution >= 4 is 22.6 Å². The number of benzene rings is 1. The maximum Gasteiger partial charge on any atom is 0.247 e. The van der Waals surface area contributed by atoms with Crippen LogP contribution in [0.4, 0.5) is 5.69 Å². The van der Waals surface area contributed by atoms with Crippen molar-refractivity contribution < 1.29 is 4.79 Å². The Labute approximate surface area is 122 Å². The first-order chi connectivity index (χ1) is 10.2. The molecule has 104 valence electrons. The first kappa shape index (κ1) is 13.1. The standard InChI is InChI=1S/C16H14N4O/c1-3-16(21)19-12-5-7-15-14(8-12)18-10-20(15)13-6-4-11(2)17-9-13/h3-10H,1H2,2H3,(H,19,21). The van der Waals surface area contributed by atoms with Gasteiger partial charge in [-0.05, 0) is 43.3 Å². The van der Waals surface area contributed by atoms with Gasteiger partial charge in [-0.1, -0.05) is 6.58 Å². The van der Waals surface area contributed by atoms with Gasteiger partial charge in [-0.3, -0.25) is 14.3 Å². The zero-order valence-electron chi connectivity index (χ0n) is 11.6. The number of fused-ring (bicyclic) bond motifs is 1. The number of aromatic nitrogens is 3. The zero-order valence-corrected chi connectivity index (χ0v) is 11.6. The van der Waals surface area contributed by atoms with E-state index in [1.807, 2.05) is 48.0 Å². The largest absolute Gasteiger partial charge is 0.322 e. The molecular formula is C16H14N4O. The lowest BCUT2D eigenvalue weighted by Crippen LogP contribution is -2.06. The number of hydrogen-bond donors (Lipinski definition) is 1. The Morgan fingerprint density at radius 2 is 2.14 bits per heavy atom. The van der Waals surface area contributed by atoms with Crippen molar-refractivity contribution in [1.82, 2.24) is 14.5 Å². The fraction of sp³-hybridized carbons (Fsp3) is 0.0625. The highest BCUT2D eigenvalue weighted by Crippen LogP contribution is 2.21. The molecule has 0 aliphatic heterocycles. The van der Waals surface area contributed by atoms with Crippen molar-refractivity contribution in [2.45, 2.75) is 6.92 Å². The maximum atomic E-state index is 11.3. The summed E-state index contributed by atoms with van der Waals surface area (Å²) < 4.78 is 1.96. The highest BCUT2D eigenvalue weighted by Gasteiger charge is 2.06. The van der Waals surface area contributed by atoms with Crippen molar-refractivity contribution in [2.24, 2.45) is 0 Å². The highest BCUT2D eigenvalue weighted by atomic mass is 16.1. The lowest BCUT2D eigenvalue weighted by molar-refractivity contribution is -0.111. The molecule has 21 heavy (non-hydrogen) atoms. The monoisotopic (exact) mass is 278 g/mol. The van der Waals surface area contributed by atoms with Crippen molar-refractivity contribution in [3.8, 4) is 5.69 Å². The zero-order chi connectivity index (χ0) is 14.8. The number of amides is 1. The topological polar surface area (TPSA) is 59.8 Å². The van der Waals surface area contributed by atoms with Gasteiger partial charge in [0, 0.05) is 11.4 Å². The van der Waals surface area contributed by atoms with Gasteiger partial charge in [0.1, 0.15) is 6.33 Å². The SMILES string of the molecule is C=CC(=O)Nc1ccc2c(c1)ncn2-c1ccc(C)nc1. The molecular weight excluding hydrogens is 264 g/mol. The van der Waals surface area contributed by atoms with Crippen LogP contribution in [0.25, 0.3) is 16.7 Å². The number of carbonyl (C=O) groups excluding carboxylic acids is 1. The summed E-state index contributed by atoms with van der Waals surface area (Å²) in [6, 6.07) is 9.54. The van der Waals surface area contributed by atoms with Gasteiger partial charge in [0.2, 0.25) is 5.91 Å². The molecule has 2 heterocycles. The van der Waals surface area contributed by atoms with Crippen LogP contribution in [-0.4, -0.2) is 20.4 Å². The maximum absolute atomic E-state index is 11.3. The third-order valence-corrected chi connectivity index (χ3v) is 3.17.